The monoisotopic (exact) mass is 359 g/mol. The molecule has 2 atom stereocenters. The zero-order valence-corrected chi connectivity index (χ0v) is 15.0. The lowest BCUT2D eigenvalue weighted by Gasteiger charge is -2.19. The van der Waals surface area contributed by atoms with Gasteiger partial charge in [-0.1, -0.05) is 67.1 Å². The van der Waals surface area contributed by atoms with E-state index in [0.717, 1.165) is 11.1 Å². The number of hydrogen-bond acceptors (Lipinski definition) is 5. The van der Waals surface area contributed by atoms with E-state index in [1.54, 1.807) is 0 Å². The van der Waals surface area contributed by atoms with Gasteiger partial charge in [0.15, 0.2) is 0 Å². The van der Waals surface area contributed by atoms with E-state index in [9.17, 15) is 8.42 Å². The quantitative estimate of drug-likeness (QED) is 0.877. The minimum absolute atomic E-state index is 0.499. The van der Waals surface area contributed by atoms with Crippen LogP contribution in [0, 0.1) is 0 Å². The van der Waals surface area contributed by atoms with Gasteiger partial charge in [0.05, 0.1) is 6.04 Å². The highest BCUT2D eigenvalue weighted by Crippen LogP contribution is 2.29. The minimum atomic E-state index is -2.50. The van der Waals surface area contributed by atoms with Crippen LogP contribution in [0.2, 0.25) is 0 Å². The summed E-state index contributed by atoms with van der Waals surface area (Å²) in [7, 11) is -2.50. The van der Waals surface area contributed by atoms with E-state index in [-0.39, 0.29) is 0 Å². The first-order valence-electron chi connectivity index (χ1n) is 8.55. The lowest BCUT2D eigenvalue weighted by Crippen LogP contribution is -2.21. The predicted molar refractivity (Wildman–Crippen MR) is 101 cm³/mol. The summed E-state index contributed by atoms with van der Waals surface area (Å²) in [5.41, 5.74) is 7.79. The van der Waals surface area contributed by atoms with Crippen molar-refractivity contribution < 1.29 is 8.42 Å². The molecule has 25 heavy (non-hydrogen) atoms. The molecule has 0 radical (unpaired) electrons. The Bertz CT molecular complexity index is 725. The van der Waals surface area contributed by atoms with Crippen LogP contribution in [0.3, 0.4) is 0 Å². The molecule has 0 aliphatic carbocycles. The van der Waals surface area contributed by atoms with Crippen LogP contribution in [0.1, 0.15) is 42.5 Å². The predicted octanol–water partition coefficient (Wildman–Crippen LogP) is 3.25. The molecule has 0 bridgehead atoms. The SMILES string of the molecule is C1CCNCC1.N[C@@H](c1ccccc1)[C@@H](N=S(=O)=O)c1ccccc1. The summed E-state index contributed by atoms with van der Waals surface area (Å²) in [6.07, 6.45) is 4.22. The molecule has 0 saturated carbocycles. The molecule has 5 nitrogen and oxygen atoms in total. The summed E-state index contributed by atoms with van der Waals surface area (Å²) in [5, 5.41) is 3.28. The summed E-state index contributed by atoms with van der Waals surface area (Å²) >= 11 is 0. The minimum Gasteiger partial charge on any atom is -0.322 e. The number of nitrogens with two attached hydrogens (primary N) is 1. The summed E-state index contributed by atoms with van der Waals surface area (Å²) in [6.45, 7) is 2.50. The van der Waals surface area contributed by atoms with Gasteiger partial charge in [0.1, 0.15) is 6.04 Å². The molecular formula is C19H25N3O2S. The maximum absolute atomic E-state index is 10.9. The molecule has 1 fully saturated rings. The van der Waals surface area contributed by atoms with Crippen molar-refractivity contribution in [3.8, 4) is 0 Å². The van der Waals surface area contributed by atoms with Gasteiger partial charge in [0.2, 0.25) is 0 Å². The Labute approximate surface area is 151 Å². The first kappa shape index (κ1) is 19.3. The zero-order chi connectivity index (χ0) is 17.9. The Morgan fingerprint density at radius 1 is 0.840 bits per heavy atom. The second kappa shape index (κ2) is 10.8. The van der Waals surface area contributed by atoms with Gasteiger partial charge in [-0.25, -0.2) is 0 Å². The van der Waals surface area contributed by atoms with Gasteiger partial charge >= 0.3 is 10.5 Å². The van der Waals surface area contributed by atoms with Crippen molar-refractivity contribution in [2.24, 2.45) is 10.1 Å². The summed E-state index contributed by atoms with van der Waals surface area (Å²) < 4.78 is 25.5. The third kappa shape index (κ3) is 6.78. The zero-order valence-electron chi connectivity index (χ0n) is 14.2. The first-order chi connectivity index (χ1) is 12.2. The molecule has 1 aliphatic heterocycles. The Hall–Kier alpha value is -2.02. The van der Waals surface area contributed by atoms with Crippen LogP contribution in [0.4, 0.5) is 0 Å². The van der Waals surface area contributed by atoms with E-state index in [2.05, 4.69) is 9.68 Å². The van der Waals surface area contributed by atoms with Crippen LogP contribution in [0.5, 0.6) is 0 Å². The molecule has 1 saturated heterocycles. The summed E-state index contributed by atoms with van der Waals surface area (Å²) in [4.78, 5) is 0. The van der Waals surface area contributed by atoms with Crippen molar-refractivity contribution in [2.45, 2.75) is 31.3 Å². The lowest BCUT2D eigenvalue weighted by molar-refractivity contribution is 0.520. The maximum Gasteiger partial charge on any atom is 0.311 e. The Kier molecular flexibility index (Phi) is 8.31. The lowest BCUT2D eigenvalue weighted by atomic mass is 9.95. The number of nitrogens with one attached hydrogen (secondary N) is 1. The van der Waals surface area contributed by atoms with E-state index in [0.29, 0.717) is 0 Å². The van der Waals surface area contributed by atoms with Gasteiger partial charge < -0.3 is 11.1 Å². The van der Waals surface area contributed by atoms with E-state index in [1.165, 1.54) is 32.4 Å². The normalized spacial score (nSPS) is 16.0. The van der Waals surface area contributed by atoms with Gasteiger partial charge in [0, 0.05) is 0 Å². The number of hydrogen-bond donors (Lipinski definition) is 2. The molecule has 2 aromatic carbocycles. The Morgan fingerprint density at radius 2 is 1.36 bits per heavy atom. The van der Waals surface area contributed by atoms with Crippen LogP contribution < -0.4 is 11.1 Å². The average molecular weight is 359 g/mol. The molecule has 6 heteroatoms. The van der Waals surface area contributed by atoms with Gasteiger partial charge in [0.25, 0.3) is 0 Å². The number of rotatable bonds is 4. The molecule has 0 spiro atoms. The van der Waals surface area contributed by atoms with E-state index < -0.39 is 22.6 Å². The third-order valence-electron chi connectivity index (χ3n) is 4.07. The molecule has 3 N–H and O–H groups in total. The second-order valence-corrected chi connectivity index (χ2v) is 6.57. The van der Waals surface area contributed by atoms with Crippen LogP contribution in [0.15, 0.2) is 65.0 Å². The highest BCUT2D eigenvalue weighted by atomic mass is 32.2. The van der Waals surface area contributed by atoms with Crippen molar-refractivity contribution in [3.63, 3.8) is 0 Å². The average Bonchev–Trinajstić information content (AvgIpc) is 2.69. The maximum atomic E-state index is 10.9. The second-order valence-electron chi connectivity index (χ2n) is 5.93. The molecule has 0 amide bonds. The van der Waals surface area contributed by atoms with Crippen molar-refractivity contribution in [1.29, 1.82) is 0 Å². The molecule has 1 aliphatic rings. The number of nitrogens with zero attached hydrogens (tertiary/aromatic N) is 1. The summed E-state index contributed by atoms with van der Waals surface area (Å²) in [5.74, 6) is 0. The Balaban J connectivity index is 0.000000316. The van der Waals surface area contributed by atoms with Crippen molar-refractivity contribution in [1.82, 2.24) is 5.32 Å². The highest BCUT2D eigenvalue weighted by molar-refractivity contribution is 7.61. The molecule has 1 heterocycles. The standard InChI is InChI=1S/C14H14N2O2S.C5H11N/c15-13(11-7-3-1-4-8-11)14(16-19(17)18)12-9-5-2-6-10-12;1-2-4-6-5-3-1/h1-10,13-14H,15H2;6H,1-5H2/t13-,14-;/m0./s1. The van der Waals surface area contributed by atoms with Gasteiger partial charge in [-0.05, 0) is 37.1 Å². The smallest absolute Gasteiger partial charge is 0.311 e. The van der Waals surface area contributed by atoms with Gasteiger partial charge in [-0.3, -0.25) is 0 Å². The van der Waals surface area contributed by atoms with Crippen molar-refractivity contribution in [2.75, 3.05) is 13.1 Å². The molecule has 3 rings (SSSR count). The van der Waals surface area contributed by atoms with E-state index >= 15 is 0 Å². The van der Waals surface area contributed by atoms with Crippen LogP contribution in [0.25, 0.3) is 0 Å². The van der Waals surface area contributed by atoms with Gasteiger partial charge in [-0.2, -0.15) is 12.8 Å². The fourth-order valence-corrected chi connectivity index (χ4v) is 3.17. The Morgan fingerprint density at radius 3 is 1.76 bits per heavy atom. The van der Waals surface area contributed by atoms with Crippen LogP contribution >= 0.6 is 0 Å². The van der Waals surface area contributed by atoms with Crippen LogP contribution in [-0.2, 0) is 10.5 Å². The van der Waals surface area contributed by atoms with Crippen molar-refractivity contribution >= 4 is 10.5 Å². The molecule has 0 aromatic heterocycles. The van der Waals surface area contributed by atoms with Gasteiger partial charge in [-0.15, -0.1) is 0 Å². The third-order valence-corrected chi connectivity index (χ3v) is 4.47. The largest absolute Gasteiger partial charge is 0.322 e. The van der Waals surface area contributed by atoms with E-state index in [1.807, 2.05) is 60.7 Å². The summed E-state index contributed by atoms with van der Waals surface area (Å²) in [6, 6.07) is 17.4. The molecule has 0 unspecified atom stereocenters. The molecule has 2 aromatic rings. The number of benzene rings is 2. The van der Waals surface area contributed by atoms with Crippen LogP contribution in [-0.4, -0.2) is 21.5 Å². The van der Waals surface area contributed by atoms with Crippen molar-refractivity contribution in [3.05, 3.63) is 71.8 Å². The molecular weight excluding hydrogens is 334 g/mol. The molecule has 134 valence electrons. The fraction of sp³-hybridized carbons (Fsp3) is 0.368. The highest BCUT2D eigenvalue weighted by Gasteiger charge is 2.21. The first-order valence-corrected chi connectivity index (χ1v) is 9.58. The number of piperidine rings is 1. The van der Waals surface area contributed by atoms with E-state index in [4.69, 9.17) is 5.73 Å². The fourth-order valence-electron chi connectivity index (χ4n) is 2.74. The topological polar surface area (TPSA) is 84.5 Å².